The fourth-order valence-electron chi connectivity index (χ4n) is 1.64. The molecule has 0 heterocycles. The number of halogens is 2. The number of aliphatic hydroxyl groups excluding tert-OH is 1. The van der Waals surface area contributed by atoms with E-state index in [1.165, 1.54) is 0 Å². The van der Waals surface area contributed by atoms with E-state index in [-0.39, 0.29) is 18.7 Å². The molecule has 4 nitrogen and oxygen atoms in total. The summed E-state index contributed by atoms with van der Waals surface area (Å²) in [5, 5.41) is 13.2. The van der Waals surface area contributed by atoms with Crippen LogP contribution in [0, 0.1) is 0 Å². The summed E-state index contributed by atoms with van der Waals surface area (Å²) < 4.78 is 0. The van der Waals surface area contributed by atoms with Crippen molar-refractivity contribution in [3.8, 4) is 0 Å². The van der Waals surface area contributed by atoms with E-state index >= 15 is 0 Å². The van der Waals surface area contributed by atoms with Crippen molar-refractivity contribution >= 4 is 29.2 Å². The highest BCUT2D eigenvalue weighted by Crippen LogP contribution is 2.27. The lowest BCUT2D eigenvalue weighted by Crippen LogP contribution is -2.41. The third kappa shape index (κ3) is 4.90. The van der Waals surface area contributed by atoms with Gasteiger partial charge in [-0.3, -0.25) is 0 Å². The molecule has 0 aliphatic rings. The summed E-state index contributed by atoms with van der Waals surface area (Å²) in [6, 6.07) is 5.00. The van der Waals surface area contributed by atoms with Crippen molar-refractivity contribution in [3.63, 3.8) is 0 Å². The monoisotopic (exact) mass is 303 g/mol. The first-order valence-electron chi connectivity index (χ1n) is 6.13. The van der Waals surface area contributed by atoms with Crippen molar-refractivity contribution in [3.05, 3.63) is 33.8 Å². The van der Waals surface area contributed by atoms with Gasteiger partial charge in [0.05, 0.1) is 18.7 Å². The lowest BCUT2D eigenvalue weighted by molar-refractivity contribution is 0.252. The molecule has 19 heavy (non-hydrogen) atoms. The fraction of sp³-hybridized carbons (Fsp3) is 0.462. The predicted molar refractivity (Wildman–Crippen MR) is 80.8 cm³/mol. The fourth-order valence-corrected chi connectivity index (χ4v) is 2.21. The summed E-state index contributed by atoms with van der Waals surface area (Å²) in [5.74, 6) is 0.291. The maximum atomic E-state index is 9.09. The number of nitrogens with zero attached hydrogens (tertiary/aromatic N) is 1. The maximum absolute atomic E-state index is 9.09. The Morgan fingerprint density at radius 2 is 2.16 bits per heavy atom. The SMILES string of the molecule is CC[C@H](CO)NC(N)=NC(C)c1ccc(Cl)cc1Cl. The second-order valence-corrected chi connectivity index (χ2v) is 5.13. The summed E-state index contributed by atoms with van der Waals surface area (Å²) >= 11 is 12.0. The lowest BCUT2D eigenvalue weighted by atomic mass is 10.1. The maximum Gasteiger partial charge on any atom is 0.189 e. The van der Waals surface area contributed by atoms with E-state index in [2.05, 4.69) is 10.3 Å². The van der Waals surface area contributed by atoms with Crippen molar-refractivity contribution < 1.29 is 5.11 Å². The van der Waals surface area contributed by atoms with Crippen molar-refractivity contribution in [1.29, 1.82) is 0 Å². The third-order valence-corrected chi connectivity index (χ3v) is 3.37. The molecule has 0 aromatic heterocycles. The Hall–Kier alpha value is -0.970. The van der Waals surface area contributed by atoms with Gasteiger partial charge in [-0.05, 0) is 31.0 Å². The zero-order valence-corrected chi connectivity index (χ0v) is 12.5. The summed E-state index contributed by atoms with van der Waals surface area (Å²) in [5.41, 5.74) is 6.66. The average Bonchev–Trinajstić information content (AvgIpc) is 2.35. The molecule has 0 radical (unpaired) electrons. The number of hydrogen-bond acceptors (Lipinski definition) is 2. The Bertz CT molecular complexity index is 448. The van der Waals surface area contributed by atoms with Crippen LogP contribution in [0.15, 0.2) is 23.2 Å². The van der Waals surface area contributed by atoms with Crippen LogP contribution in [0.1, 0.15) is 31.9 Å². The Morgan fingerprint density at radius 1 is 1.47 bits per heavy atom. The molecule has 0 aliphatic heterocycles. The molecule has 2 atom stereocenters. The number of nitrogens with two attached hydrogens (primary N) is 1. The Labute approximate surface area is 123 Å². The molecule has 1 aromatic carbocycles. The van der Waals surface area contributed by atoms with Gasteiger partial charge in [0.1, 0.15) is 0 Å². The molecule has 0 saturated heterocycles. The van der Waals surface area contributed by atoms with Gasteiger partial charge in [-0.15, -0.1) is 0 Å². The van der Waals surface area contributed by atoms with E-state index in [1.807, 2.05) is 19.9 Å². The number of benzene rings is 1. The standard InChI is InChI=1S/C13H19Cl2N3O/c1-3-10(7-19)18-13(16)17-8(2)11-5-4-9(14)6-12(11)15/h4-6,8,10,19H,3,7H2,1-2H3,(H3,16,17,18)/t8?,10-/m1/s1. The van der Waals surface area contributed by atoms with Crippen molar-refractivity contribution in [2.45, 2.75) is 32.4 Å². The summed E-state index contributed by atoms with van der Waals surface area (Å²) in [4.78, 5) is 4.32. The normalized spacial score (nSPS) is 15.1. The van der Waals surface area contributed by atoms with E-state index in [9.17, 15) is 0 Å². The minimum atomic E-state index is -0.187. The molecule has 4 N–H and O–H groups in total. The Kier molecular flexibility index (Phi) is 6.42. The molecule has 1 unspecified atom stereocenters. The summed E-state index contributed by atoms with van der Waals surface area (Å²) in [6.07, 6.45) is 0.767. The minimum absolute atomic E-state index is 0.0167. The number of nitrogens with one attached hydrogen (secondary N) is 1. The molecule has 0 fully saturated rings. The lowest BCUT2D eigenvalue weighted by Gasteiger charge is -2.16. The number of hydrogen-bond donors (Lipinski definition) is 3. The molecule has 1 aromatic rings. The van der Waals surface area contributed by atoms with E-state index in [1.54, 1.807) is 12.1 Å². The first-order valence-corrected chi connectivity index (χ1v) is 6.89. The van der Waals surface area contributed by atoms with Crippen LogP contribution in [0.25, 0.3) is 0 Å². The van der Waals surface area contributed by atoms with E-state index in [0.717, 1.165) is 12.0 Å². The van der Waals surface area contributed by atoms with Crippen LogP contribution in [-0.4, -0.2) is 23.7 Å². The number of guanidine groups is 1. The number of rotatable bonds is 5. The highest BCUT2D eigenvalue weighted by molar-refractivity contribution is 6.35. The molecule has 6 heteroatoms. The topological polar surface area (TPSA) is 70.6 Å². The van der Waals surface area contributed by atoms with E-state index in [0.29, 0.717) is 16.0 Å². The molecule has 0 saturated carbocycles. The third-order valence-electron chi connectivity index (χ3n) is 2.81. The first kappa shape index (κ1) is 16.1. The molecule has 0 bridgehead atoms. The van der Waals surface area contributed by atoms with Crippen molar-refractivity contribution in [2.24, 2.45) is 10.7 Å². The van der Waals surface area contributed by atoms with Gasteiger partial charge in [-0.2, -0.15) is 0 Å². The summed E-state index contributed by atoms with van der Waals surface area (Å²) in [7, 11) is 0. The van der Waals surface area contributed by atoms with Crippen LogP contribution in [-0.2, 0) is 0 Å². The van der Waals surface area contributed by atoms with E-state index in [4.69, 9.17) is 34.0 Å². The largest absolute Gasteiger partial charge is 0.394 e. The van der Waals surface area contributed by atoms with Crippen LogP contribution >= 0.6 is 23.2 Å². The van der Waals surface area contributed by atoms with Gasteiger partial charge < -0.3 is 16.2 Å². The Balaban J connectivity index is 2.79. The van der Waals surface area contributed by atoms with Crippen LogP contribution in [0.5, 0.6) is 0 Å². The van der Waals surface area contributed by atoms with Gasteiger partial charge >= 0.3 is 0 Å². The van der Waals surface area contributed by atoms with Gasteiger partial charge in [0.15, 0.2) is 5.96 Å². The average molecular weight is 304 g/mol. The van der Waals surface area contributed by atoms with Gasteiger partial charge in [0.2, 0.25) is 0 Å². The molecular formula is C13H19Cl2N3O. The molecule has 0 aliphatic carbocycles. The molecule has 1 rings (SSSR count). The van der Waals surface area contributed by atoms with Gasteiger partial charge in [0, 0.05) is 10.0 Å². The van der Waals surface area contributed by atoms with Crippen LogP contribution in [0.3, 0.4) is 0 Å². The van der Waals surface area contributed by atoms with Gasteiger partial charge in [0.25, 0.3) is 0 Å². The van der Waals surface area contributed by atoms with Crippen LogP contribution in [0.2, 0.25) is 10.0 Å². The second kappa shape index (κ2) is 7.58. The highest BCUT2D eigenvalue weighted by atomic mass is 35.5. The zero-order chi connectivity index (χ0) is 14.4. The molecule has 106 valence electrons. The van der Waals surface area contributed by atoms with Gasteiger partial charge in [-0.1, -0.05) is 36.2 Å². The number of aliphatic hydroxyl groups is 1. The zero-order valence-electron chi connectivity index (χ0n) is 11.0. The van der Waals surface area contributed by atoms with Gasteiger partial charge in [-0.25, -0.2) is 4.99 Å². The number of aliphatic imine (C=N–C) groups is 1. The molecule has 0 amide bonds. The quantitative estimate of drug-likeness (QED) is 0.578. The van der Waals surface area contributed by atoms with Crippen molar-refractivity contribution in [1.82, 2.24) is 5.32 Å². The van der Waals surface area contributed by atoms with Crippen molar-refractivity contribution in [2.75, 3.05) is 6.61 Å². The Morgan fingerprint density at radius 3 is 2.68 bits per heavy atom. The van der Waals surface area contributed by atoms with E-state index < -0.39 is 0 Å². The highest BCUT2D eigenvalue weighted by Gasteiger charge is 2.11. The molecule has 0 spiro atoms. The van der Waals surface area contributed by atoms with Crippen LogP contribution in [0.4, 0.5) is 0 Å². The predicted octanol–water partition coefficient (Wildman–Crippen LogP) is 2.73. The second-order valence-electron chi connectivity index (χ2n) is 4.29. The minimum Gasteiger partial charge on any atom is -0.394 e. The van der Waals surface area contributed by atoms with Crippen LogP contribution < -0.4 is 11.1 Å². The molecular weight excluding hydrogens is 285 g/mol. The first-order chi connectivity index (χ1) is 8.97. The smallest absolute Gasteiger partial charge is 0.189 e. The summed E-state index contributed by atoms with van der Waals surface area (Å²) in [6.45, 7) is 3.87.